The van der Waals surface area contributed by atoms with Crippen LogP contribution in [-0.2, 0) is 29.0 Å². The Hall–Kier alpha value is -1.66. The fraction of sp³-hybridized carbons (Fsp3) is 0.438. The van der Waals surface area contributed by atoms with Crippen molar-refractivity contribution >= 4 is 10.0 Å². The molecule has 1 aromatic heterocycles. The number of hydrogen-bond acceptors (Lipinski definition) is 3. The third kappa shape index (κ3) is 3.39. The van der Waals surface area contributed by atoms with Crippen molar-refractivity contribution in [1.82, 2.24) is 14.1 Å². The van der Waals surface area contributed by atoms with Gasteiger partial charge in [0.25, 0.3) is 0 Å². The van der Waals surface area contributed by atoms with Crippen LogP contribution in [0.15, 0.2) is 41.4 Å². The first kappa shape index (κ1) is 16.7. The summed E-state index contributed by atoms with van der Waals surface area (Å²) in [6, 6.07) is 9.55. The van der Waals surface area contributed by atoms with Gasteiger partial charge in [0.1, 0.15) is 4.90 Å². The molecule has 0 aliphatic carbocycles. The molecule has 2 aromatic rings. The van der Waals surface area contributed by atoms with Gasteiger partial charge in [-0.3, -0.25) is 4.68 Å². The molecule has 2 rings (SSSR count). The summed E-state index contributed by atoms with van der Waals surface area (Å²) in [7, 11) is -0.240. The SMILES string of the molecule is CN(Cc1ccccc1)S(=O)(=O)c1cn(C)nc1C(C)(C)C. The van der Waals surface area contributed by atoms with Crippen molar-refractivity contribution in [3.05, 3.63) is 47.8 Å². The molecule has 5 nitrogen and oxygen atoms in total. The zero-order valence-electron chi connectivity index (χ0n) is 13.7. The second kappa shape index (κ2) is 5.85. The molecule has 0 radical (unpaired) electrons. The summed E-state index contributed by atoms with van der Waals surface area (Å²) in [5.41, 5.74) is 1.21. The molecule has 0 aliphatic heterocycles. The molecular formula is C16H23N3O2S. The summed E-state index contributed by atoms with van der Waals surface area (Å²) < 4.78 is 28.7. The maximum absolute atomic E-state index is 12.9. The van der Waals surface area contributed by atoms with Gasteiger partial charge >= 0.3 is 0 Å². The van der Waals surface area contributed by atoms with Crippen molar-refractivity contribution in [1.29, 1.82) is 0 Å². The summed E-state index contributed by atoms with van der Waals surface area (Å²) in [6.45, 7) is 6.23. The Labute approximate surface area is 132 Å². The van der Waals surface area contributed by atoms with E-state index in [0.717, 1.165) is 5.56 Å². The topological polar surface area (TPSA) is 55.2 Å². The van der Waals surface area contributed by atoms with Gasteiger partial charge in [0, 0.05) is 32.3 Å². The van der Waals surface area contributed by atoms with Crippen molar-refractivity contribution in [2.75, 3.05) is 7.05 Å². The monoisotopic (exact) mass is 321 g/mol. The molecule has 1 aromatic carbocycles. The molecule has 0 N–H and O–H groups in total. The van der Waals surface area contributed by atoms with Crippen LogP contribution in [0.1, 0.15) is 32.0 Å². The van der Waals surface area contributed by atoms with Crippen LogP contribution in [0.3, 0.4) is 0 Å². The van der Waals surface area contributed by atoms with Crippen molar-refractivity contribution in [3.8, 4) is 0 Å². The maximum atomic E-state index is 12.9. The lowest BCUT2D eigenvalue weighted by Gasteiger charge is -2.21. The first-order chi connectivity index (χ1) is 10.1. The predicted octanol–water partition coefficient (Wildman–Crippen LogP) is 2.54. The minimum absolute atomic E-state index is 0.279. The molecule has 120 valence electrons. The van der Waals surface area contributed by atoms with Crippen LogP contribution in [0.5, 0.6) is 0 Å². The highest BCUT2D eigenvalue weighted by molar-refractivity contribution is 7.89. The fourth-order valence-electron chi connectivity index (χ4n) is 2.27. The molecule has 0 amide bonds. The summed E-state index contributed by atoms with van der Waals surface area (Å²) in [4.78, 5) is 0.279. The van der Waals surface area contributed by atoms with E-state index in [0.29, 0.717) is 12.2 Å². The second-order valence-corrected chi connectivity index (χ2v) is 8.53. The molecule has 0 fully saturated rings. The molecule has 0 spiro atoms. The van der Waals surface area contributed by atoms with Gasteiger partial charge in [0.05, 0.1) is 5.69 Å². The molecule has 22 heavy (non-hydrogen) atoms. The van der Waals surface area contributed by atoms with E-state index < -0.39 is 10.0 Å². The van der Waals surface area contributed by atoms with Gasteiger partial charge in [-0.25, -0.2) is 8.42 Å². The molecule has 0 saturated heterocycles. The quantitative estimate of drug-likeness (QED) is 0.869. The average molecular weight is 321 g/mol. The molecule has 0 unspecified atom stereocenters. The largest absolute Gasteiger partial charge is 0.274 e. The van der Waals surface area contributed by atoms with Gasteiger partial charge in [0.15, 0.2) is 0 Å². The number of benzene rings is 1. The maximum Gasteiger partial charge on any atom is 0.246 e. The summed E-state index contributed by atoms with van der Waals surface area (Å²) in [6.07, 6.45) is 1.58. The summed E-state index contributed by atoms with van der Waals surface area (Å²) in [5.74, 6) is 0. The molecule has 6 heteroatoms. The zero-order valence-corrected chi connectivity index (χ0v) is 14.6. The van der Waals surface area contributed by atoms with Crippen LogP contribution in [-0.4, -0.2) is 29.6 Å². The number of hydrogen-bond donors (Lipinski definition) is 0. The molecule has 0 bridgehead atoms. The first-order valence-electron chi connectivity index (χ1n) is 7.17. The lowest BCUT2D eigenvalue weighted by molar-refractivity contribution is 0.461. The molecular weight excluding hydrogens is 298 g/mol. The highest BCUT2D eigenvalue weighted by atomic mass is 32.2. The Bertz CT molecular complexity index is 743. The Kier molecular flexibility index (Phi) is 4.44. The first-order valence-corrected chi connectivity index (χ1v) is 8.61. The van der Waals surface area contributed by atoms with Crippen molar-refractivity contribution < 1.29 is 8.42 Å². The highest BCUT2D eigenvalue weighted by Gasteiger charge is 2.32. The van der Waals surface area contributed by atoms with Gasteiger partial charge < -0.3 is 0 Å². The number of sulfonamides is 1. The van der Waals surface area contributed by atoms with Gasteiger partial charge in [-0.1, -0.05) is 51.1 Å². The van der Waals surface area contributed by atoms with E-state index in [-0.39, 0.29) is 10.3 Å². The van der Waals surface area contributed by atoms with Crippen LogP contribution in [0.25, 0.3) is 0 Å². The summed E-state index contributed by atoms with van der Waals surface area (Å²) in [5, 5.41) is 4.35. The van der Waals surface area contributed by atoms with Crippen LogP contribution in [0.2, 0.25) is 0 Å². The van der Waals surface area contributed by atoms with Crippen LogP contribution in [0.4, 0.5) is 0 Å². The van der Waals surface area contributed by atoms with Crippen LogP contribution < -0.4 is 0 Å². The third-order valence-electron chi connectivity index (χ3n) is 3.44. The van der Waals surface area contributed by atoms with Gasteiger partial charge in [0.2, 0.25) is 10.0 Å². The van der Waals surface area contributed by atoms with E-state index in [4.69, 9.17) is 0 Å². The molecule has 0 aliphatic rings. The average Bonchev–Trinajstić information content (AvgIpc) is 2.83. The molecule has 0 atom stereocenters. The van der Waals surface area contributed by atoms with Crippen molar-refractivity contribution in [2.24, 2.45) is 7.05 Å². The zero-order chi connectivity index (χ0) is 16.5. The number of aromatic nitrogens is 2. The van der Waals surface area contributed by atoms with Gasteiger partial charge in [-0.15, -0.1) is 0 Å². The normalized spacial score (nSPS) is 12.8. The van der Waals surface area contributed by atoms with Crippen LogP contribution >= 0.6 is 0 Å². The van der Waals surface area contributed by atoms with E-state index in [9.17, 15) is 8.42 Å². The van der Waals surface area contributed by atoms with Gasteiger partial charge in [-0.05, 0) is 5.56 Å². The Morgan fingerprint density at radius 1 is 1.18 bits per heavy atom. The van der Waals surface area contributed by atoms with Crippen molar-refractivity contribution in [2.45, 2.75) is 37.6 Å². The minimum Gasteiger partial charge on any atom is -0.274 e. The fourth-order valence-corrected chi connectivity index (χ4v) is 3.80. The Morgan fingerprint density at radius 3 is 2.32 bits per heavy atom. The smallest absolute Gasteiger partial charge is 0.246 e. The van der Waals surface area contributed by atoms with E-state index in [1.54, 1.807) is 25.0 Å². The third-order valence-corrected chi connectivity index (χ3v) is 5.25. The number of rotatable bonds is 4. The second-order valence-electron chi connectivity index (χ2n) is 6.51. The van der Waals surface area contributed by atoms with Crippen LogP contribution in [0, 0.1) is 0 Å². The van der Waals surface area contributed by atoms with Gasteiger partial charge in [-0.2, -0.15) is 9.40 Å². The number of nitrogens with zero attached hydrogens (tertiary/aromatic N) is 3. The minimum atomic E-state index is -3.58. The van der Waals surface area contributed by atoms with E-state index >= 15 is 0 Å². The standard InChI is InChI=1S/C16H23N3O2S/c1-16(2,3)15-14(12-18(4)17-15)22(20,21)19(5)11-13-9-7-6-8-10-13/h6-10,12H,11H2,1-5H3. The van der Waals surface area contributed by atoms with E-state index in [1.807, 2.05) is 51.1 Å². The summed E-state index contributed by atoms with van der Waals surface area (Å²) >= 11 is 0. The van der Waals surface area contributed by atoms with E-state index in [2.05, 4.69) is 5.10 Å². The van der Waals surface area contributed by atoms with Crippen molar-refractivity contribution in [3.63, 3.8) is 0 Å². The number of aryl methyl sites for hydroxylation is 1. The Balaban J connectivity index is 2.39. The lowest BCUT2D eigenvalue weighted by atomic mass is 9.92. The van der Waals surface area contributed by atoms with E-state index in [1.165, 1.54) is 4.31 Å². The lowest BCUT2D eigenvalue weighted by Crippen LogP contribution is -2.28. The molecule has 1 heterocycles. The molecule has 0 saturated carbocycles. The Morgan fingerprint density at radius 2 is 1.77 bits per heavy atom. The highest BCUT2D eigenvalue weighted by Crippen LogP contribution is 2.29. The predicted molar refractivity (Wildman–Crippen MR) is 87.0 cm³/mol.